The number of rotatable bonds is 3. The first-order valence-corrected chi connectivity index (χ1v) is 5.69. The molecule has 0 atom stereocenters. The highest BCUT2D eigenvalue weighted by Crippen LogP contribution is 2.29. The Morgan fingerprint density at radius 2 is 2.17 bits per heavy atom. The molecule has 4 nitrogen and oxygen atoms in total. The number of nitrogens with zero attached hydrogens (tertiary/aromatic N) is 3. The molecule has 0 saturated heterocycles. The van der Waals surface area contributed by atoms with Crippen molar-refractivity contribution >= 4 is 0 Å². The second-order valence-electron chi connectivity index (χ2n) is 3.77. The van der Waals surface area contributed by atoms with Gasteiger partial charge in [0.2, 0.25) is 5.82 Å². The van der Waals surface area contributed by atoms with Crippen molar-refractivity contribution in [3.05, 3.63) is 41.9 Å². The largest absolute Gasteiger partial charge is 0.496 e. The quantitative estimate of drug-likeness (QED) is 0.826. The molecular weight excluding hydrogens is 226 g/mol. The lowest BCUT2D eigenvalue weighted by molar-refractivity contribution is 0.416. The molecule has 4 heteroatoms. The van der Waals surface area contributed by atoms with Crippen molar-refractivity contribution in [3.8, 4) is 23.1 Å². The van der Waals surface area contributed by atoms with Crippen LogP contribution in [0.15, 0.2) is 30.5 Å². The summed E-state index contributed by atoms with van der Waals surface area (Å²) >= 11 is 0. The highest BCUT2D eigenvalue weighted by atomic mass is 16.5. The SMILES string of the molecule is CCc1ccc(OC)c(-c2ccnc(C#N)n2)c1. The zero-order chi connectivity index (χ0) is 13.0. The lowest BCUT2D eigenvalue weighted by Gasteiger charge is -2.09. The molecule has 2 rings (SSSR count). The number of ether oxygens (including phenoxy) is 1. The van der Waals surface area contributed by atoms with Crippen LogP contribution in [0.3, 0.4) is 0 Å². The van der Waals surface area contributed by atoms with E-state index in [2.05, 4.69) is 16.9 Å². The Morgan fingerprint density at radius 3 is 2.83 bits per heavy atom. The van der Waals surface area contributed by atoms with E-state index in [9.17, 15) is 0 Å². The van der Waals surface area contributed by atoms with Crippen molar-refractivity contribution in [2.24, 2.45) is 0 Å². The Morgan fingerprint density at radius 1 is 1.33 bits per heavy atom. The van der Waals surface area contributed by atoms with Gasteiger partial charge in [-0.25, -0.2) is 9.97 Å². The van der Waals surface area contributed by atoms with Crippen LogP contribution in [0.5, 0.6) is 5.75 Å². The van der Waals surface area contributed by atoms with Gasteiger partial charge in [0.25, 0.3) is 0 Å². The third-order valence-corrected chi connectivity index (χ3v) is 2.70. The molecule has 0 aliphatic carbocycles. The van der Waals surface area contributed by atoms with E-state index in [4.69, 9.17) is 10.00 Å². The Balaban J connectivity index is 2.57. The smallest absolute Gasteiger partial charge is 0.232 e. The minimum absolute atomic E-state index is 0.163. The van der Waals surface area contributed by atoms with Gasteiger partial charge in [-0.2, -0.15) is 5.26 Å². The maximum atomic E-state index is 8.83. The molecule has 90 valence electrons. The number of hydrogen-bond acceptors (Lipinski definition) is 4. The lowest BCUT2D eigenvalue weighted by atomic mass is 10.0. The summed E-state index contributed by atoms with van der Waals surface area (Å²) in [6, 6.07) is 9.69. The molecule has 0 radical (unpaired) electrons. The molecule has 0 aliphatic heterocycles. The van der Waals surface area contributed by atoms with E-state index in [1.807, 2.05) is 24.3 Å². The van der Waals surface area contributed by atoms with Crippen LogP contribution < -0.4 is 4.74 Å². The van der Waals surface area contributed by atoms with Gasteiger partial charge in [-0.1, -0.05) is 13.0 Å². The van der Waals surface area contributed by atoms with E-state index in [1.165, 1.54) is 5.56 Å². The Hall–Kier alpha value is -2.41. The molecule has 0 N–H and O–H groups in total. The first-order valence-electron chi connectivity index (χ1n) is 5.69. The van der Waals surface area contributed by atoms with Gasteiger partial charge in [0.05, 0.1) is 12.8 Å². The average Bonchev–Trinajstić information content (AvgIpc) is 2.46. The fourth-order valence-corrected chi connectivity index (χ4v) is 1.74. The number of benzene rings is 1. The lowest BCUT2D eigenvalue weighted by Crippen LogP contribution is -1.95. The predicted octanol–water partition coefficient (Wildman–Crippen LogP) is 2.59. The average molecular weight is 239 g/mol. The Labute approximate surface area is 106 Å². The van der Waals surface area contributed by atoms with Crippen LogP contribution in [0, 0.1) is 11.3 Å². The summed E-state index contributed by atoms with van der Waals surface area (Å²) < 4.78 is 5.33. The Kier molecular flexibility index (Phi) is 3.54. The topological polar surface area (TPSA) is 58.8 Å². The third-order valence-electron chi connectivity index (χ3n) is 2.70. The number of aryl methyl sites for hydroxylation is 1. The normalized spacial score (nSPS) is 9.83. The van der Waals surface area contributed by atoms with Gasteiger partial charge in [-0.15, -0.1) is 0 Å². The molecule has 18 heavy (non-hydrogen) atoms. The number of methoxy groups -OCH3 is 1. The third kappa shape index (κ3) is 2.30. The zero-order valence-electron chi connectivity index (χ0n) is 10.3. The molecular formula is C14H13N3O. The van der Waals surface area contributed by atoms with Crippen LogP contribution in [0.2, 0.25) is 0 Å². The van der Waals surface area contributed by atoms with Gasteiger partial charge in [0.15, 0.2) is 0 Å². The molecule has 1 heterocycles. The monoisotopic (exact) mass is 239 g/mol. The van der Waals surface area contributed by atoms with Crippen LogP contribution in [0.1, 0.15) is 18.3 Å². The first kappa shape index (κ1) is 12.1. The number of aromatic nitrogens is 2. The summed E-state index contributed by atoms with van der Waals surface area (Å²) in [7, 11) is 1.62. The van der Waals surface area contributed by atoms with Gasteiger partial charge in [-0.05, 0) is 30.2 Å². The molecule has 1 aromatic heterocycles. The molecule has 0 saturated carbocycles. The highest BCUT2D eigenvalue weighted by Gasteiger charge is 2.09. The van der Waals surface area contributed by atoms with Crippen LogP contribution in [-0.2, 0) is 6.42 Å². The molecule has 0 fully saturated rings. The van der Waals surface area contributed by atoms with Gasteiger partial charge >= 0.3 is 0 Å². The van der Waals surface area contributed by atoms with E-state index in [1.54, 1.807) is 19.4 Å². The molecule has 0 unspecified atom stereocenters. The number of nitriles is 1. The molecule has 0 spiro atoms. The van der Waals surface area contributed by atoms with E-state index >= 15 is 0 Å². The molecule has 0 aliphatic rings. The summed E-state index contributed by atoms with van der Waals surface area (Å²) in [6.07, 6.45) is 2.52. The van der Waals surface area contributed by atoms with Gasteiger partial charge in [-0.3, -0.25) is 0 Å². The van der Waals surface area contributed by atoms with E-state index in [-0.39, 0.29) is 5.82 Å². The molecule has 2 aromatic rings. The van der Waals surface area contributed by atoms with Crippen molar-refractivity contribution in [1.82, 2.24) is 9.97 Å². The zero-order valence-corrected chi connectivity index (χ0v) is 10.3. The van der Waals surface area contributed by atoms with E-state index in [0.29, 0.717) is 5.69 Å². The fourth-order valence-electron chi connectivity index (χ4n) is 1.74. The summed E-state index contributed by atoms with van der Waals surface area (Å²) in [5.41, 5.74) is 2.78. The highest BCUT2D eigenvalue weighted by molar-refractivity contribution is 5.68. The number of hydrogen-bond donors (Lipinski definition) is 0. The molecule has 0 bridgehead atoms. The van der Waals surface area contributed by atoms with Crippen LogP contribution >= 0.6 is 0 Å². The maximum Gasteiger partial charge on any atom is 0.232 e. The van der Waals surface area contributed by atoms with Gasteiger partial charge < -0.3 is 4.74 Å². The van der Waals surface area contributed by atoms with Crippen molar-refractivity contribution < 1.29 is 4.74 Å². The fraction of sp³-hybridized carbons (Fsp3) is 0.214. The molecule has 1 aromatic carbocycles. The standard InChI is InChI=1S/C14H13N3O/c1-3-10-4-5-13(18-2)11(8-10)12-6-7-16-14(9-15)17-12/h4-8H,3H2,1-2H3. The van der Waals surface area contributed by atoms with Gasteiger partial charge in [0.1, 0.15) is 11.8 Å². The van der Waals surface area contributed by atoms with Crippen molar-refractivity contribution in [3.63, 3.8) is 0 Å². The second kappa shape index (κ2) is 5.28. The summed E-state index contributed by atoms with van der Waals surface area (Å²) in [6.45, 7) is 2.09. The molecule has 0 amide bonds. The minimum atomic E-state index is 0.163. The second-order valence-corrected chi connectivity index (χ2v) is 3.77. The summed E-state index contributed by atoms with van der Waals surface area (Å²) in [5.74, 6) is 0.909. The van der Waals surface area contributed by atoms with Crippen molar-refractivity contribution in [1.29, 1.82) is 5.26 Å². The van der Waals surface area contributed by atoms with Crippen molar-refractivity contribution in [2.75, 3.05) is 7.11 Å². The Bertz CT molecular complexity index is 602. The van der Waals surface area contributed by atoms with Crippen LogP contribution in [0.25, 0.3) is 11.3 Å². The van der Waals surface area contributed by atoms with Crippen molar-refractivity contribution in [2.45, 2.75) is 13.3 Å². The van der Waals surface area contributed by atoms with Crippen LogP contribution in [0.4, 0.5) is 0 Å². The summed E-state index contributed by atoms with van der Waals surface area (Å²) in [4.78, 5) is 8.06. The minimum Gasteiger partial charge on any atom is -0.496 e. The maximum absolute atomic E-state index is 8.83. The summed E-state index contributed by atoms with van der Waals surface area (Å²) in [5, 5.41) is 8.83. The van der Waals surface area contributed by atoms with Gasteiger partial charge in [0, 0.05) is 11.8 Å². The van der Waals surface area contributed by atoms with E-state index in [0.717, 1.165) is 17.7 Å². The van der Waals surface area contributed by atoms with Crippen LogP contribution in [-0.4, -0.2) is 17.1 Å². The predicted molar refractivity (Wildman–Crippen MR) is 68.1 cm³/mol. The first-order chi connectivity index (χ1) is 8.78. The van der Waals surface area contributed by atoms with E-state index < -0.39 is 0 Å².